The molecule has 0 amide bonds. The lowest BCUT2D eigenvalue weighted by atomic mass is 9.84. The van der Waals surface area contributed by atoms with Gasteiger partial charge in [0.1, 0.15) is 11.5 Å². The minimum atomic E-state index is -0.121. The van der Waals surface area contributed by atoms with Gasteiger partial charge in [0.15, 0.2) is 12.1 Å². The molecular weight excluding hydrogens is 817 g/mol. The summed E-state index contributed by atoms with van der Waals surface area (Å²) in [5, 5.41) is 3.27. The summed E-state index contributed by atoms with van der Waals surface area (Å²) in [6, 6.07) is 12.6. The standard InChI is InChI=1S/C24H35NO3.C18H21N3O.C10H18OS.C2H6/c1-3-18(2)24(27)23-8-7-22(15-21(23)17-26)28-14-11-19-9-12-25(13-10-19)16-20-5-4-6-20;1-3-4-7-15(21-16-10-12-20-18(22)13-16)8-9-17-14(2)6-5-11-19-17;1-4-5-10(11)7-6-8(2)9(3)12;1-2/h7-8,15,17-20H,3-6,9-14,16H2,1-2H3;5-13H,3-4H2,1-2H3,(H2,20,21,22);8H,4-7H2,1-3H3;1-2H3/b;9-8-,15-7-;;. The molecule has 3 heterocycles. The number of aldehydes is 1. The number of nitrogens with zero attached hydrogens (tertiary/aromatic N) is 2. The van der Waals surface area contributed by atoms with Crippen LogP contribution >= 0.6 is 12.2 Å². The van der Waals surface area contributed by atoms with Crippen LogP contribution in [0.1, 0.15) is 171 Å². The van der Waals surface area contributed by atoms with Gasteiger partial charge in [0.25, 0.3) is 0 Å². The molecule has 0 radical (unpaired) electrons. The molecule has 9 nitrogen and oxygen atoms in total. The lowest BCUT2D eigenvalue weighted by Crippen LogP contribution is -2.38. The van der Waals surface area contributed by atoms with E-state index in [9.17, 15) is 19.2 Å². The average molecular weight is 897 g/mol. The van der Waals surface area contributed by atoms with Gasteiger partial charge in [-0.05, 0) is 155 Å². The zero-order valence-electron chi connectivity index (χ0n) is 40.7. The highest BCUT2D eigenvalue weighted by Gasteiger charge is 2.25. The van der Waals surface area contributed by atoms with Crippen LogP contribution in [0.15, 0.2) is 77.5 Å². The van der Waals surface area contributed by atoms with Crippen molar-refractivity contribution in [2.75, 3.05) is 31.6 Å². The number of carbonyl (C=O) groups is 3. The largest absolute Gasteiger partial charge is 0.494 e. The fourth-order valence-electron chi connectivity index (χ4n) is 7.22. The quantitative estimate of drug-likeness (QED) is 0.0439. The van der Waals surface area contributed by atoms with Gasteiger partial charge in [-0.3, -0.25) is 24.2 Å². The van der Waals surface area contributed by atoms with Crippen LogP contribution in [0.25, 0.3) is 6.08 Å². The number of pyridine rings is 2. The first-order valence-electron chi connectivity index (χ1n) is 24.1. The summed E-state index contributed by atoms with van der Waals surface area (Å²) in [5.74, 6) is 3.13. The number of aromatic amines is 1. The third-order valence-corrected chi connectivity index (χ3v) is 12.4. The first-order valence-corrected chi connectivity index (χ1v) is 24.5. The summed E-state index contributed by atoms with van der Waals surface area (Å²) in [6.07, 6.45) is 24.3. The molecule has 2 unspecified atom stereocenters. The number of H-pyrrole nitrogens is 1. The number of anilines is 1. The highest BCUT2D eigenvalue weighted by Crippen LogP contribution is 2.30. The summed E-state index contributed by atoms with van der Waals surface area (Å²) in [6.45, 7) is 22.5. The molecule has 10 heteroatoms. The van der Waals surface area contributed by atoms with Crippen LogP contribution in [0.2, 0.25) is 0 Å². The van der Waals surface area contributed by atoms with E-state index in [-0.39, 0.29) is 17.3 Å². The highest BCUT2D eigenvalue weighted by atomic mass is 32.1. The number of unbranched alkanes of at least 4 members (excludes halogenated alkanes) is 1. The zero-order chi connectivity index (χ0) is 47.3. The lowest BCUT2D eigenvalue weighted by molar-refractivity contribution is -0.119. The number of nitrogens with one attached hydrogen (secondary N) is 2. The molecule has 2 N–H and O–H groups in total. The number of ether oxygens (including phenoxy) is 1. The number of Topliss-reactive ketones (excluding diaryl/α,β-unsaturated/α-hetero) is 2. The van der Waals surface area contributed by atoms with Gasteiger partial charge in [0.2, 0.25) is 5.56 Å². The van der Waals surface area contributed by atoms with Crippen molar-refractivity contribution in [1.82, 2.24) is 14.9 Å². The Bertz CT molecular complexity index is 1960. The molecule has 2 aliphatic rings. The van der Waals surface area contributed by atoms with Gasteiger partial charge >= 0.3 is 0 Å². The van der Waals surface area contributed by atoms with Gasteiger partial charge in [0, 0.05) is 66.3 Å². The molecule has 0 spiro atoms. The van der Waals surface area contributed by atoms with Crippen molar-refractivity contribution >= 4 is 46.7 Å². The maximum absolute atomic E-state index is 12.4. The predicted molar refractivity (Wildman–Crippen MR) is 272 cm³/mol. The average Bonchev–Trinajstić information content (AvgIpc) is 3.29. The molecule has 5 rings (SSSR count). The minimum Gasteiger partial charge on any atom is -0.494 e. The van der Waals surface area contributed by atoms with Crippen molar-refractivity contribution in [2.24, 2.45) is 23.7 Å². The number of rotatable bonds is 22. The molecule has 1 aliphatic carbocycles. The van der Waals surface area contributed by atoms with Crippen molar-refractivity contribution in [3.63, 3.8) is 0 Å². The van der Waals surface area contributed by atoms with Crippen LogP contribution in [0, 0.1) is 30.6 Å². The molecule has 1 saturated carbocycles. The van der Waals surface area contributed by atoms with Crippen molar-refractivity contribution in [3.8, 4) is 5.75 Å². The maximum Gasteiger partial charge on any atom is 0.249 e. The van der Waals surface area contributed by atoms with Gasteiger partial charge in [-0.1, -0.05) is 85.7 Å². The Kier molecular flexibility index (Phi) is 27.9. The number of aromatic nitrogens is 2. The van der Waals surface area contributed by atoms with Crippen LogP contribution in [-0.4, -0.2) is 63.8 Å². The number of benzene rings is 1. The van der Waals surface area contributed by atoms with E-state index in [4.69, 9.17) is 17.0 Å². The third kappa shape index (κ3) is 21.4. The van der Waals surface area contributed by atoms with Crippen molar-refractivity contribution < 1.29 is 19.1 Å². The monoisotopic (exact) mass is 897 g/mol. The first kappa shape index (κ1) is 55.6. The molecule has 0 bridgehead atoms. The summed E-state index contributed by atoms with van der Waals surface area (Å²) < 4.78 is 5.91. The maximum atomic E-state index is 12.4. The topological polar surface area (TPSA) is 121 Å². The van der Waals surface area contributed by atoms with Crippen molar-refractivity contribution in [1.29, 1.82) is 0 Å². The molecule has 2 atom stereocenters. The Labute approximate surface area is 391 Å². The first-order chi connectivity index (χ1) is 30.9. The highest BCUT2D eigenvalue weighted by molar-refractivity contribution is 7.80. The third-order valence-electron chi connectivity index (χ3n) is 12.0. The Morgan fingerprint density at radius 3 is 2.31 bits per heavy atom. The van der Waals surface area contributed by atoms with Crippen LogP contribution in [-0.2, 0) is 4.79 Å². The van der Waals surface area contributed by atoms with E-state index in [0.717, 1.165) is 90.6 Å². The van der Waals surface area contributed by atoms with E-state index in [2.05, 4.69) is 40.1 Å². The minimum absolute atomic E-state index is 0.0322. The van der Waals surface area contributed by atoms with Gasteiger partial charge < -0.3 is 19.9 Å². The van der Waals surface area contributed by atoms with Gasteiger partial charge in [-0.15, -0.1) is 0 Å². The fourth-order valence-corrected chi connectivity index (χ4v) is 7.34. The molecule has 2 fully saturated rings. The Morgan fingerprint density at radius 1 is 0.984 bits per heavy atom. The Balaban J connectivity index is 0.000000349. The van der Waals surface area contributed by atoms with E-state index in [0.29, 0.717) is 41.6 Å². The number of hydrogen-bond acceptors (Lipinski definition) is 9. The van der Waals surface area contributed by atoms with Crippen LogP contribution in [0.3, 0.4) is 0 Å². The number of ketones is 2. The number of likely N-dealkylation sites (tertiary alicyclic amines) is 1. The van der Waals surface area contributed by atoms with Gasteiger partial charge in [-0.2, -0.15) is 0 Å². The SMILES string of the molecule is CC.CCC(C)C(=O)c1ccc(OCCC2CCN(CC3CCC3)CC2)cc1C=O.CCC/C=C(/C=C\c1ncccc1C)Nc1cc[nH]c(=O)c1.CCCC(=O)CCC(C)C(C)=S. The molecule has 3 aromatic rings. The molecule has 352 valence electrons. The second-order valence-electron chi connectivity index (χ2n) is 17.1. The summed E-state index contributed by atoms with van der Waals surface area (Å²) in [7, 11) is 0. The summed E-state index contributed by atoms with van der Waals surface area (Å²) in [4.78, 5) is 57.0. The predicted octanol–water partition coefficient (Wildman–Crippen LogP) is 13.1. The zero-order valence-corrected chi connectivity index (χ0v) is 41.5. The van der Waals surface area contributed by atoms with Crippen molar-refractivity contribution in [2.45, 2.75) is 146 Å². The Morgan fingerprint density at radius 2 is 1.72 bits per heavy atom. The summed E-state index contributed by atoms with van der Waals surface area (Å²) in [5.41, 5.74) is 4.63. The number of thiocarbonyl (C=S) groups is 1. The smallest absolute Gasteiger partial charge is 0.249 e. The number of allylic oxidation sites excluding steroid dienone is 2. The van der Waals surface area contributed by atoms with Crippen LogP contribution in [0.4, 0.5) is 5.69 Å². The van der Waals surface area contributed by atoms with E-state index in [1.54, 1.807) is 30.6 Å². The molecule has 1 aliphatic heterocycles. The van der Waals surface area contributed by atoms with Crippen molar-refractivity contribution in [3.05, 3.63) is 105 Å². The van der Waals surface area contributed by atoms with E-state index in [1.807, 2.05) is 84.9 Å². The van der Waals surface area contributed by atoms with E-state index >= 15 is 0 Å². The van der Waals surface area contributed by atoms with Gasteiger partial charge in [-0.25, -0.2) is 0 Å². The molecular formula is C54H80N4O5S. The fraction of sp³-hybridized carbons (Fsp3) is 0.556. The lowest BCUT2D eigenvalue weighted by Gasteiger charge is -2.37. The van der Waals surface area contributed by atoms with Crippen LogP contribution in [0.5, 0.6) is 5.75 Å². The summed E-state index contributed by atoms with van der Waals surface area (Å²) >= 11 is 5.02. The van der Waals surface area contributed by atoms with Crippen LogP contribution < -0.4 is 15.6 Å². The van der Waals surface area contributed by atoms with Gasteiger partial charge in [0.05, 0.1) is 12.3 Å². The molecule has 1 aromatic carbocycles. The molecule has 1 saturated heterocycles. The number of piperidine rings is 1. The van der Waals surface area contributed by atoms with E-state index in [1.165, 1.54) is 51.7 Å². The number of hydrogen-bond donors (Lipinski definition) is 2. The molecule has 2 aromatic heterocycles. The normalized spacial score (nSPS) is 15.2. The Hall–Kier alpha value is -4.54. The second-order valence-corrected chi connectivity index (χ2v) is 17.8. The molecule has 64 heavy (non-hydrogen) atoms. The van der Waals surface area contributed by atoms with E-state index < -0.39 is 0 Å². The second kappa shape index (κ2) is 32.2. The number of carbonyl (C=O) groups excluding carboxylic acids is 3. The number of aryl methyl sites for hydroxylation is 1.